The summed E-state index contributed by atoms with van der Waals surface area (Å²) in [5.41, 5.74) is 3.00. The number of aromatic nitrogens is 4. The van der Waals surface area contributed by atoms with Crippen LogP contribution in [0.5, 0.6) is 0 Å². The summed E-state index contributed by atoms with van der Waals surface area (Å²) in [6.07, 6.45) is 0. The third-order valence-corrected chi connectivity index (χ3v) is 3.21. The van der Waals surface area contributed by atoms with E-state index in [0.29, 0.717) is 0 Å². The predicted molar refractivity (Wildman–Crippen MR) is 78.9 cm³/mol. The molecule has 2 heterocycles. The van der Waals surface area contributed by atoms with E-state index in [4.69, 9.17) is 0 Å². The van der Waals surface area contributed by atoms with E-state index < -0.39 is 0 Å². The van der Waals surface area contributed by atoms with Crippen LogP contribution in [0.4, 0.5) is 0 Å². The van der Waals surface area contributed by atoms with Crippen LogP contribution in [0.25, 0.3) is 16.6 Å². The molecule has 0 aliphatic rings. The molecule has 0 unspecified atom stereocenters. The van der Waals surface area contributed by atoms with Gasteiger partial charge in [-0.25, -0.2) is 9.67 Å². The SMILES string of the molecule is CNCc1cc(-n2nc(C)nc2C)c2ccccc2n1. The summed E-state index contributed by atoms with van der Waals surface area (Å²) in [5.74, 6) is 1.66. The highest BCUT2D eigenvalue weighted by Gasteiger charge is 2.11. The minimum Gasteiger partial charge on any atom is -0.314 e. The molecule has 0 spiro atoms. The van der Waals surface area contributed by atoms with E-state index in [2.05, 4.69) is 32.5 Å². The number of fused-ring (bicyclic) bond motifs is 1. The van der Waals surface area contributed by atoms with Gasteiger partial charge in [-0.05, 0) is 33.0 Å². The number of nitrogens with zero attached hydrogens (tertiary/aromatic N) is 4. The van der Waals surface area contributed by atoms with Gasteiger partial charge in [0.25, 0.3) is 0 Å². The molecule has 20 heavy (non-hydrogen) atoms. The van der Waals surface area contributed by atoms with Crippen molar-refractivity contribution in [2.75, 3.05) is 7.05 Å². The summed E-state index contributed by atoms with van der Waals surface area (Å²) in [4.78, 5) is 9.05. The summed E-state index contributed by atoms with van der Waals surface area (Å²) in [5, 5.41) is 8.71. The molecule has 3 aromatic rings. The molecule has 0 saturated heterocycles. The van der Waals surface area contributed by atoms with E-state index in [9.17, 15) is 0 Å². The van der Waals surface area contributed by atoms with Gasteiger partial charge in [-0.3, -0.25) is 4.98 Å². The Balaban J connectivity index is 2.29. The second kappa shape index (κ2) is 5.02. The summed E-state index contributed by atoms with van der Waals surface area (Å²) in [7, 11) is 1.92. The van der Waals surface area contributed by atoms with Gasteiger partial charge in [0.1, 0.15) is 11.6 Å². The van der Waals surface area contributed by atoms with Gasteiger partial charge in [0.15, 0.2) is 0 Å². The molecule has 5 nitrogen and oxygen atoms in total. The third-order valence-electron chi connectivity index (χ3n) is 3.21. The van der Waals surface area contributed by atoms with E-state index >= 15 is 0 Å². The lowest BCUT2D eigenvalue weighted by atomic mass is 10.1. The van der Waals surface area contributed by atoms with Crippen molar-refractivity contribution in [2.24, 2.45) is 0 Å². The first-order valence-corrected chi connectivity index (χ1v) is 6.63. The predicted octanol–water partition coefficient (Wildman–Crippen LogP) is 2.15. The van der Waals surface area contributed by atoms with E-state index in [1.165, 1.54) is 0 Å². The summed E-state index contributed by atoms with van der Waals surface area (Å²) >= 11 is 0. The van der Waals surface area contributed by atoms with Crippen LogP contribution in [0.2, 0.25) is 0 Å². The molecule has 1 aromatic carbocycles. The molecule has 102 valence electrons. The standard InChI is InChI=1S/C15H17N5/c1-10-17-11(2)20(19-10)15-8-12(9-16-3)18-14-7-5-4-6-13(14)15/h4-8,16H,9H2,1-3H3. The quantitative estimate of drug-likeness (QED) is 0.790. The van der Waals surface area contributed by atoms with Crippen LogP contribution >= 0.6 is 0 Å². The van der Waals surface area contributed by atoms with Gasteiger partial charge >= 0.3 is 0 Å². The van der Waals surface area contributed by atoms with E-state index in [0.717, 1.165) is 40.5 Å². The van der Waals surface area contributed by atoms with Crippen molar-refractivity contribution in [1.82, 2.24) is 25.1 Å². The molecule has 2 aromatic heterocycles. The van der Waals surface area contributed by atoms with Gasteiger partial charge in [-0.1, -0.05) is 18.2 Å². The molecule has 0 aliphatic heterocycles. The highest BCUT2D eigenvalue weighted by atomic mass is 15.3. The monoisotopic (exact) mass is 267 g/mol. The van der Waals surface area contributed by atoms with Gasteiger partial charge < -0.3 is 5.32 Å². The Morgan fingerprint density at radius 3 is 2.65 bits per heavy atom. The van der Waals surface area contributed by atoms with Crippen LogP contribution in [-0.2, 0) is 6.54 Å². The van der Waals surface area contributed by atoms with Gasteiger partial charge in [0, 0.05) is 11.9 Å². The Hall–Kier alpha value is -2.27. The molecule has 5 heteroatoms. The average Bonchev–Trinajstić information content (AvgIpc) is 2.77. The van der Waals surface area contributed by atoms with E-state index in [-0.39, 0.29) is 0 Å². The average molecular weight is 267 g/mol. The lowest BCUT2D eigenvalue weighted by molar-refractivity contribution is 0.785. The van der Waals surface area contributed by atoms with Crippen molar-refractivity contribution in [3.05, 3.63) is 47.7 Å². The molecule has 0 radical (unpaired) electrons. The van der Waals surface area contributed by atoms with Gasteiger partial charge in [-0.15, -0.1) is 0 Å². The van der Waals surface area contributed by atoms with E-state index in [1.54, 1.807) is 0 Å². The van der Waals surface area contributed by atoms with Gasteiger partial charge in [-0.2, -0.15) is 5.10 Å². The zero-order valence-corrected chi connectivity index (χ0v) is 11.9. The van der Waals surface area contributed by atoms with Crippen LogP contribution in [0.3, 0.4) is 0 Å². The number of benzene rings is 1. The first-order chi connectivity index (χ1) is 9.69. The van der Waals surface area contributed by atoms with E-state index in [1.807, 2.05) is 43.8 Å². The van der Waals surface area contributed by atoms with Crippen molar-refractivity contribution in [3.63, 3.8) is 0 Å². The highest BCUT2D eigenvalue weighted by Crippen LogP contribution is 2.22. The lowest BCUT2D eigenvalue weighted by Gasteiger charge is -2.10. The van der Waals surface area contributed by atoms with Crippen LogP contribution in [0.1, 0.15) is 17.3 Å². The van der Waals surface area contributed by atoms with Crippen LogP contribution in [0.15, 0.2) is 30.3 Å². The third kappa shape index (κ3) is 2.16. The molecular formula is C15H17N5. The minimum atomic E-state index is 0.727. The summed E-state index contributed by atoms with van der Waals surface area (Å²) in [6.45, 7) is 4.60. The van der Waals surface area contributed by atoms with Gasteiger partial charge in [0.2, 0.25) is 0 Å². The van der Waals surface area contributed by atoms with Crippen LogP contribution in [-0.4, -0.2) is 26.8 Å². The molecule has 0 aliphatic carbocycles. The van der Waals surface area contributed by atoms with Crippen molar-refractivity contribution in [3.8, 4) is 5.69 Å². The second-order valence-electron chi connectivity index (χ2n) is 4.80. The molecule has 0 amide bonds. The number of hydrogen-bond donors (Lipinski definition) is 1. The number of hydrogen-bond acceptors (Lipinski definition) is 4. The number of nitrogens with one attached hydrogen (secondary N) is 1. The smallest absolute Gasteiger partial charge is 0.148 e. The first kappa shape index (κ1) is 12.7. The Morgan fingerprint density at radius 2 is 1.95 bits per heavy atom. The number of rotatable bonds is 3. The largest absolute Gasteiger partial charge is 0.314 e. The Labute approximate surface area is 117 Å². The van der Waals surface area contributed by atoms with Crippen LogP contribution < -0.4 is 5.32 Å². The fourth-order valence-corrected chi connectivity index (χ4v) is 2.41. The van der Waals surface area contributed by atoms with Crippen molar-refractivity contribution in [2.45, 2.75) is 20.4 Å². The van der Waals surface area contributed by atoms with Crippen molar-refractivity contribution in [1.29, 1.82) is 0 Å². The van der Waals surface area contributed by atoms with Crippen LogP contribution in [0, 0.1) is 13.8 Å². The number of para-hydroxylation sites is 1. The van der Waals surface area contributed by atoms with Gasteiger partial charge in [0.05, 0.1) is 16.9 Å². The molecule has 1 N–H and O–H groups in total. The molecule has 0 atom stereocenters. The molecular weight excluding hydrogens is 250 g/mol. The fraction of sp³-hybridized carbons (Fsp3) is 0.267. The molecule has 0 saturated carbocycles. The lowest BCUT2D eigenvalue weighted by Crippen LogP contribution is -2.09. The zero-order valence-electron chi connectivity index (χ0n) is 11.9. The normalized spacial score (nSPS) is 11.2. The summed E-state index contributed by atoms with van der Waals surface area (Å²) < 4.78 is 1.89. The number of aryl methyl sites for hydroxylation is 2. The Morgan fingerprint density at radius 1 is 1.15 bits per heavy atom. The topological polar surface area (TPSA) is 55.6 Å². The first-order valence-electron chi connectivity index (χ1n) is 6.63. The fourth-order valence-electron chi connectivity index (χ4n) is 2.41. The zero-order chi connectivity index (χ0) is 14.1. The maximum atomic E-state index is 4.66. The Kier molecular flexibility index (Phi) is 3.20. The Bertz CT molecular complexity index is 760. The summed E-state index contributed by atoms with van der Waals surface area (Å²) in [6, 6.07) is 10.2. The highest BCUT2D eigenvalue weighted by molar-refractivity contribution is 5.87. The van der Waals surface area contributed by atoms with Crippen molar-refractivity contribution >= 4 is 10.9 Å². The second-order valence-corrected chi connectivity index (χ2v) is 4.80. The number of pyridine rings is 1. The molecule has 0 fully saturated rings. The molecule has 3 rings (SSSR count). The maximum Gasteiger partial charge on any atom is 0.148 e. The maximum absolute atomic E-state index is 4.66. The van der Waals surface area contributed by atoms with Crippen molar-refractivity contribution < 1.29 is 0 Å². The molecule has 0 bridgehead atoms. The minimum absolute atomic E-state index is 0.727.